The van der Waals surface area contributed by atoms with Crippen molar-refractivity contribution >= 4 is 35.4 Å². The Morgan fingerprint density at radius 3 is 2.06 bits per heavy atom. The molecule has 0 aromatic rings. The number of hydrogen-bond donors (Lipinski definition) is 4. The van der Waals surface area contributed by atoms with Gasteiger partial charge in [-0.1, -0.05) is 20.3 Å². The number of carbonyl (C=O) groups is 6. The van der Waals surface area contributed by atoms with E-state index in [9.17, 15) is 28.8 Å². The highest BCUT2D eigenvalue weighted by Crippen LogP contribution is 2.07. The van der Waals surface area contributed by atoms with E-state index in [1.165, 1.54) is 12.2 Å². The molecule has 0 aliphatic carbocycles. The van der Waals surface area contributed by atoms with Crippen LogP contribution in [0.5, 0.6) is 0 Å². The summed E-state index contributed by atoms with van der Waals surface area (Å²) in [7, 11) is 0. The van der Waals surface area contributed by atoms with Gasteiger partial charge in [0.05, 0.1) is 13.1 Å². The normalized spacial score (nSPS) is 13.8. The molecule has 178 valence electrons. The van der Waals surface area contributed by atoms with Crippen molar-refractivity contribution < 1.29 is 28.8 Å². The zero-order valence-corrected chi connectivity index (χ0v) is 18.9. The summed E-state index contributed by atoms with van der Waals surface area (Å²) in [5.74, 6) is -2.48. The molecule has 1 aliphatic rings. The fourth-order valence-corrected chi connectivity index (χ4v) is 2.95. The number of nitrogens with zero attached hydrogens (tertiary/aromatic N) is 1. The van der Waals surface area contributed by atoms with Crippen LogP contribution in [0, 0.1) is 5.92 Å². The lowest BCUT2D eigenvalue weighted by Crippen LogP contribution is -2.53. The maximum Gasteiger partial charge on any atom is 0.253 e. The molecular weight excluding hydrogens is 418 g/mol. The Balaban J connectivity index is 2.25. The average Bonchev–Trinajstić information content (AvgIpc) is 3.06. The highest BCUT2D eigenvalue weighted by molar-refractivity contribution is 6.12. The second-order valence-corrected chi connectivity index (χ2v) is 7.71. The van der Waals surface area contributed by atoms with Crippen LogP contribution >= 0.6 is 0 Å². The molecule has 6 amide bonds. The van der Waals surface area contributed by atoms with Gasteiger partial charge in [-0.2, -0.15) is 0 Å². The number of amides is 6. The van der Waals surface area contributed by atoms with Gasteiger partial charge < -0.3 is 21.3 Å². The van der Waals surface area contributed by atoms with E-state index in [0.717, 1.165) is 4.90 Å². The maximum absolute atomic E-state index is 12.3. The first-order valence-corrected chi connectivity index (χ1v) is 10.8. The molecule has 0 bridgehead atoms. The highest BCUT2D eigenvalue weighted by atomic mass is 16.2. The van der Waals surface area contributed by atoms with E-state index in [2.05, 4.69) is 21.3 Å². The third-order valence-electron chi connectivity index (χ3n) is 4.69. The summed E-state index contributed by atoms with van der Waals surface area (Å²) in [6.07, 6.45) is 4.46. The van der Waals surface area contributed by atoms with Crippen LogP contribution < -0.4 is 21.3 Å². The van der Waals surface area contributed by atoms with Crippen LogP contribution in [0.3, 0.4) is 0 Å². The number of hydrogen-bond acceptors (Lipinski definition) is 6. The van der Waals surface area contributed by atoms with Crippen LogP contribution in [0.25, 0.3) is 0 Å². The minimum Gasteiger partial charge on any atom is -0.355 e. The first-order chi connectivity index (χ1) is 15.1. The fourth-order valence-electron chi connectivity index (χ4n) is 2.95. The van der Waals surface area contributed by atoms with E-state index >= 15 is 0 Å². The van der Waals surface area contributed by atoms with Gasteiger partial charge in [0.1, 0.15) is 6.04 Å². The Bertz CT molecular complexity index is 731. The number of unbranched alkanes of at least 4 members (excludes halogenated alkanes) is 2. The minimum absolute atomic E-state index is 0.181. The zero-order chi connectivity index (χ0) is 24.1. The van der Waals surface area contributed by atoms with Crippen LogP contribution in [0.2, 0.25) is 0 Å². The third kappa shape index (κ3) is 9.71. The van der Waals surface area contributed by atoms with E-state index in [-0.39, 0.29) is 49.1 Å². The van der Waals surface area contributed by atoms with Gasteiger partial charge >= 0.3 is 0 Å². The van der Waals surface area contributed by atoms with Gasteiger partial charge in [-0.3, -0.25) is 33.7 Å². The summed E-state index contributed by atoms with van der Waals surface area (Å²) in [6.45, 7) is 5.60. The Hall–Kier alpha value is -3.24. The first kappa shape index (κ1) is 26.8. The number of nitrogens with one attached hydrogen (secondary N) is 4. The maximum atomic E-state index is 12.3. The van der Waals surface area contributed by atoms with E-state index < -0.39 is 17.9 Å². The van der Waals surface area contributed by atoms with Crippen molar-refractivity contribution in [1.29, 1.82) is 0 Å². The van der Waals surface area contributed by atoms with Crippen LogP contribution in [0.4, 0.5) is 0 Å². The molecule has 1 rings (SSSR count). The van der Waals surface area contributed by atoms with Crippen molar-refractivity contribution in [2.45, 2.75) is 52.5 Å². The van der Waals surface area contributed by atoms with Crippen molar-refractivity contribution in [1.82, 2.24) is 26.2 Å². The second kappa shape index (κ2) is 13.9. The molecule has 11 nitrogen and oxygen atoms in total. The molecule has 0 saturated carbocycles. The van der Waals surface area contributed by atoms with Crippen molar-refractivity contribution in [2.24, 2.45) is 5.92 Å². The highest BCUT2D eigenvalue weighted by Gasteiger charge is 2.25. The predicted octanol–water partition coefficient (Wildman–Crippen LogP) is -1.02. The number of rotatable bonds is 14. The van der Waals surface area contributed by atoms with E-state index in [1.807, 2.05) is 0 Å². The second-order valence-electron chi connectivity index (χ2n) is 7.71. The number of likely N-dealkylation sites (N-methyl/N-ethyl adjacent to an activating group) is 1. The molecule has 4 N–H and O–H groups in total. The molecule has 1 atom stereocenters. The molecule has 0 aromatic carbocycles. The molecule has 0 saturated heterocycles. The van der Waals surface area contributed by atoms with Gasteiger partial charge in [0.2, 0.25) is 23.6 Å². The lowest BCUT2D eigenvalue weighted by atomic mass is 10.0. The van der Waals surface area contributed by atoms with Crippen molar-refractivity contribution in [3.8, 4) is 0 Å². The molecule has 32 heavy (non-hydrogen) atoms. The monoisotopic (exact) mass is 451 g/mol. The SMILES string of the molecule is CCNC(=O)CNC(=O)C(NC(=O)CNC(=O)CCCCCN1C(=O)C=CC1=O)C(C)C. The summed E-state index contributed by atoms with van der Waals surface area (Å²) < 4.78 is 0. The van der Waals surface area contributed by atoms with Gasteiger partial charge in [-0.15, -0.1) is 0 Å². The first-order valence-electron chi connectivity index (χ1n) is 10.8. The van der Waals surface area contributed by atoms with Gasteiger partial charge in [0.25, 0.3) is 11.8 Å². The molecular formula is C21H33N5O6. The number of carbonyl (C=O) groups excluding carboxylic acids is 6. The van der Waals surface area contributed by atoms with Crippen molar-refractivity contribution in [2.75, 3.05) is 26.2 Å². The standard InChI is InChI=1S/C21H33N5O6/c1-4-22-16(28)12-24-21(32)20(14(2)3)25-17(29)13-23-15(27)8-6-5-7-11-26-18(30)9-10-19(26)31/h9-10,14,20H,4-8,11-13H2,1-3H3,(H,22,28)(H,23,27)(H,24,32)(H,25,29). The summed E-state index contributed by atoms with van der Waals surface area (Å²) in [4.78, 5) is 71.8. The van der Waals surface area contributed by atoms with Crippen LogP contribution in [0.15, 0.2) is 12.2 Å². The van der Waals surface area contributed by atoms with Crippen LogP contribution in [-0.4, -0.2) is 72.6 Å². The molecule has 1 aliphatic heterocycles. The summed E-state index contributed by atoms with van der Waals surface area (Å²) in [6, 6.07) is -0.834. The predicted molar refractivity (Wildman–Crippen MR) is 116 cm³/mol. The van der Waals surface area contributed by atoms with Crippen molar-refractivity contribution in [3.63, 3.8) is 0 Å². The molecule has 0 aromatic heterocycles. The third-order valence-corrected chi connectivity index (χ3v) is 4.69. The minimum atomic E-state index is -0.834. The number of imide groups is 1. The van der Waals surface area contributed by atoms with Crippen LogP contribution in [-0.2, 0) is 28.8 Å². The Morgan fingerprint density at radius 1 is 0.844 bits per heavy atom. The fraction of sp³-hybridized carbons (Fsp3) is 0.619. The smallest absolute Gasteiger partial charge is 0.253 e. The largest absolute Gasteiger partial charge is 0.355 e. The van der Waals surface area contributed by atoms with Crippen molar-refractivity contribution in [3.05, 3.63) is 12.2 Å². The molecule has 0 fully saturated rings. The lowest BCUT2D eigenvalue weighted by molar-refractivity contribution is -0.137. The molecule has 0 spiro atoms. The zero-order valence-electron chi connectivity index (χ0n) is 18.9. The van der Waals surface area contributed by atoms with Crippen LogP contribution in [0.1, 0.15) is 46.5 Å². The van der Waals surface area contributed by atoms with E-state index in [0.29, 0.717) is 32.4 Å². The molecule has 11 heteroatoms. The summed E-state index contributed by atoms with van der Waals surface area (Å²) >= 11 is 0. The molecule has 1 unspecified atom stereocenters. The van der Waals surface area contributed by atoms with Gasteiger partial charge in [-0.25, -0.2) is 0 Å². The summed E-state index contributed by atoms with van der Waals surface area (Å²) in [5, 5.41) is 10.1. The Labute approximate surface area is 187 Å². The molecule has 1 heterocycles. The molecule has 0 radical (unpaired) electrons. The van der Waals surface area contributed by atoms with E-state index in [4.69, 9.17) is 0 Å². The Kier molecular flexibility index (Phi) is 11.7. The van der Waals surface area contributed by atoms with Gasteiger partial charge in [0.15, 0.2) is 0 Å². The van der Waals surface area contributed by atoms with Gasteiger partial charge in [0, 0.05) is 31.7 Å². The summed E-state index contributed by atoms with van der Waals surface area (Å²) in [5.41, 5.74) is 0. The topological polar surface area (TPSA) is 154 Å². The van der Waals surface area contributed by atoms with Gasteiger partial charge in [-0.05, 0) is 25.7 Å². The van der Waals surface area contributed by atoms with E-state index in [1.54, 1.807) is 20.8 Å². The average molecular weight is 452 g/mol. The Morgan fingerprint density at radius 2 is 1.47 bits per heavy atom. The quantitative estimate of drug-likeness (QED) is 0.196. The lowest BCUT2D eigenvalue weighted by Gasteiger charge is -2.21.